The van der Waals surface area contributed by atoms with Crippen LogP contribution in [-0.4, -0.2) is 20.3 Å². The van der Waals surface area contributed by atoms with Gasteiger partial charge in [0.05, 0.1) is 18.8 Å². The predicted molar refractivity (Wildman–Crippen MR) is 96.8 cm³/mol. The molecule has 1 fully saturated rings. The SMILES string of the molecule is Cc1ccc(CC(=O)[C@H](CC2CCCC2)n2cnc(C(F)F)cc2=O)nc1. The molecular formula is C20H23F2N3O2. The molecule has 2 aromatic heterocycles. The van der Waals surface area contributed by atoms with Gasteiger partial charge in [0.25, 0.3) is 12.0 Å². The number of alkyl halides is 2. The molecule has 0 aromatic carbocycles. The Kier molecular flexibility index (Phi) is 6.08. The molecule has 0 spiro atoms. The zero-order valence-corrected chi connectivity index (χ0v) is 15.3. The minimum atomic E-state index is -2.81. The van der Waals surface area contributed by atoms with Gasteiger partial charge in [-0.1, -0.05) is 31.7 Å². The second kappa shape index (κ2) is 8.50. The smallest absolute Gasteiger partial charge is 0.280 e. The molecule has 0 amide bonds. The number of ketones is 1. The topological polar surface area (TPSA) is 64.8 Å². The second-order valence-corrected chi connectivity index (χ2v) is 7.23. The van der Waals surface area contributed by atoms with Crippen molar-refractivity contribution in [2.75, 3.05) is 0 Å². The largest absolute Gasteiger partial charge is 0.297 e. The van der Waals surface area contributed by atoms with Crippen molar-refractivity contribution < 1.29 is 13.6 Å². The van der Waals surface area contributed by atoms with Crippen molar-refractivity contribution in [1.29, 1.82) is 0 Å². The number of hydrogen-bond donors (Lipinski definition) is 0. The van der Waals surface area contributed by atoms with Gasteiger partial charge in [0.15, 0.2) is 5.78 Å². The molecule has 0 radical (unpaired) electrons. The Morgan fingerprint density at radius 2 is 2.00 bits per heavy atom. The maximum absolute atomic E-state index is 13.0. The Balaban J connectivity index is 1.87. The van der Waals surface area contributed by atoms with E-state index in [1.807, 2.05) is 13.0 Å². The predicted octanol–water partition coefficient (Wildman–Crippen LogP) is 3.82. The van der Waals surface area contributed by atoms with E-state index >= 15 is 0 Å². The van der Waals surface area contributed by atoms with E-state index in [2.05, 4.69) is 9.97 Å². The number of aryl methyl sites for hydroxylation is 1. The third-order valence-corrected chi connectivity index (χ3v) is 5.15. The molecule has 0 saturated heterocycles. The molecule has 3 rings (SSSR count). The van der Waals surface area contributed by atoms with Gasteiger partial charge < -0.3 is 0 Å². The normalized spacial score (nSPS) is 16.0. The number of rotatable bonds is 7. The fourth-order valence-electron chi connectivity index (χ4n) is 3.64. The highest BCUT2D eigenvalue weighted by atomic mass is 19.3. The van der Waals surface area contributed by atoms with E-state index in [1.54, 1.807) is 12.3 Å². The van der Waals surface area contributed by atoms with E-state index in [-0.39, 0.29) is 12.2 Å². The van der Waals surface area contributed by atoms with Crippen molar-refractivity contribution >= 4 is 5.78 Å². The molecule has 5 nitrogen and oxygen atoms in total. The number of carbonyl (C=O) groups is 1. The van der Waals surface area contributed by atoms with Crippen LogP contribution in [0.1, 0.15) is 61.5 Å². The summed E-state index contributed by atoms with van der Waals surface area (Å²) in [6, 6.07) is 3.79. The molecule has 2 heterocycles. The number of pyridine rings is 1. The molecule has 144 valence electrons. The standard InChI is InChI=1S/C20H23F2N3O2/c1-13-6-7-15(23-11-13)9-18(26)17(8-14-4-2-3-5-14)25-12-24-16(20(21)22)10-19(25)27/h6-7,10-12,14,17,20H,2-5,8-9H2,1H3/t17-/m0/s1. The van der Waals surface area contributed by atoms with Gasteiger partial charge in [-0.25, -0.2) is 13.8 Å². The van der Waals surface area contributed by atoms with Crippen LogP contribution in [0.3, 0.4) is 0 Å². The Labute approximate surface area is 156 Å². The van der Waals surface area contributed by atoms with Crippen LogP contribution in [0.5, 0.6) is 0 Å². The number of carbonyl (C=O) groups excluding carboxylic acids is 1. The van der Waals surface area contributed by atoms with E-state index in [4.69, 9.17) is 0 Å². The van der Waals surface area contributed by atoms with Crippen LogP contribution >= 0.6 is 0 Å². The van der Waals surface area contributed by atoms with Gasteiger partial charge in [-0.05, 0) is 30.9 Å². The number of Topliss-reactive ketones (excluding diaryl/α,β-unsaturated/α-hetero) is 1. The molecular weight excluding hydrogens is 352 g/mol. The van der Waals surface area contributed by atoms with Crippen molar-refractivity contribution in [3.05, 3.63) is 58.0 Å². The molecule has 1 aliphatic carbocycles. The van der Waals surface area contributed by atoms with Crippen molar-refractivity contribution in [1.82, 2.24) is 14.5 Å². The lowest BCUT2D eigenvalue weighted by Crippen LogP contribution is -2.32. The van der Waals surface area contributed by atoms with Crippen molar-refractivity contribution in [2.45, 2.75) is 57.9 Å². The summed E-state index contributed by atoms with van der Waals surface area (Å²) in [5.41, 5.74) is 0.445. The summed E-state index contributed by atoms with van der Waals surface area (Å²) in [4.78, 5) is 33.3. The number of aromatic nitrogens is 3. The zero-order chi connectivity index (χ0) is 19.4. The summed E-state index contributed by atoms with van der Waals surface area (Å²) in [5, 5.41) is 0. The first-order valence-electron chi connectivity index (χ1n) is 9.24. The first kappa shape index (κ1) is 19.3. The van der Waals surface area contributed by atoms with Gasteiger partial charge in [-0.3, -0.25) is 19.1 Å². The first-order valence-corrected chi connectivity index (χ1v) is 9.24. The van der Waals surface area contributed by atoms with E-state index in [9.17, 15) is 18.4 Å². The van der Waals surface area contributed by atoms with Crippen LogP contribution in [0, 0.1) is 12.8 Å². The summed E-state index contributed by atoms with van der Waals surface area (Å²) in [6.07, 6.45) is 4.86. The van der Waals surface area contributed by atoms with Gasteiger partial charge in [0, 0.05) is 18.0 Å². The van der Waals surface area contributed by atoms with Crippen molar-refractivity contribution in [3.63, 3.8) is 0 Å². The zero-order valence-electron chi connectivity index (χ0n) is 15.3. The highest BCUT2D eigenvalue weighted by molar-refractivity contribution is 5.84. The third-order valence-electron chi connectivity index (χ3n) is 5.15. The lowest BCUT2D eigenvalue weighted by Gasteiger charge is -2.21. The van der Waals surface area contributed by atoms with E-state index < -0.39 is 23.7 Å². The minimum Gasteiger partial charge on any atom is -0.297 e. The molecule has 1 aliphatic rings. The lowest BCUT2D eigenvalue weighted by molar-refractivity contribution is -0.122. The van der Waals surface area contributed by atoms with E-state index in [0.717, 1.165) is 43.6 Å². The van der Waals surface area contributed by atoms with Crippen LogP contribution in [0.4, 0.5) is 8.78 Å². The molecule has 0 aliphatic heterocycles. The van der Waals surface area contributed by atoms with Gasteiger partial charge >= 0.3 is 0 Å². The van der Waals surface area contributed by atoms with Crippen molar-refractivity contribution in [2.24, 2.45) is 5.92 Å². The summed E-state index contributed by atoms with van der Waals surface area (Å²) in [5.74, 6) is 0.207. The molecule has 0 N–H and O–H groups in total. The average Bonchev–Trinajstić information content (AvgIpc) is 3.15. The fourth-order valence-corrected chi connectivity index (χ4v) is 3.64. The molecule has 0 unspecified atom stereocenters. The monoisotopic (exact) mass is 375 g/mol. The second-order valence-electron chi connectivity index (χ2n) is 7.23. The lowest BCUT2D eigenvalue weighted by atomic mass is 9.93. The minimum absolute atomic E-state index is 0.0979. The van der Waals surface area contributed by atoms with Gasteiger partial charge in [0.2, 0.25) is 0 Å². The average molecular weight is 375 g/mol. The molecule has 1 saturated carbocycles. The van der Waals surface area contributed by atoms with Crippen LogP contribution in [-0.2, 0) is 11.2 Å². The summed E-state index contributed by atoms with van der Waals surface area (Å²) < 4.78 is 26.8. The number of nitrogens with zero attached hydrogens (tertiary/aromatic N) is 3. The van der Waals surface area contributed by atoms with Gasteiger partial charge in [-0.15, -0.1) is 0 Å². The van der Waals surface area contributed by atoms with Crippen molar-refractivity contribution in [3.8, 4) is 0 Å². The van der Waals surface area contributed by atoms with E-state index in [1.165, 1.54) is 4.57 Å². The Hall–Kier alpha value is -2.44. The van der Waals surface area contributed by atoms with E-state index in [0.29, 0.717) is 18.0 Å². The maximum Gasteiger partial charge on any atom is 0.280 e. The first-order chi connectivity index (χ1) is 12.9. The quantitative estimate of drug-likeness (QED) is 0.738. The number of hydrogen-bond acceptors (Lipinski definition) is 4. The van der Waals surface area contributed by atoms with Gasteiger partial charge in [0.1, 0.15) is 5.69 Å². The van der Waals surface area contributed by atoms with Crippen LogP contribution in [0.2, 0.25) is 0 Å². The Bertz CT molecular complexity index is 843. The molecule has 7 heteroatoms. The highest BCUT2D eigenvalue weighted by Crippen LogP contribution is 2.32. The molecule has 1 atom stereocenters. The molecule has 0 bridgehead atoms. The Morgan fingerprint density at radius 3 is 2.59 bits per heavy atom. The van der Waals surface area contributed by atoms with Gasteiger partial charge in [-0.2, -0.15) is 0 Å². The summed E-state index contributed by atoms with van der Waals surface area (Å²) in [6.45, 7) is 1.91. The highest BCUT2D eigenvalue weighted by Gasteiger charge is 2.28. The van der Waals surface area contributed by atoms with Crippen LogP contribution < -0.4 is 5.56 Å². The molecule has 27 heavy (non-hydrogen) atoms. The number of halogens is 2. The Morgan fingerprint density at radius 1 is 1.26 bits per heavy atom. The summed E-state index contributed by atoms with van der Waals surface area (Å²) in [7, 11) is 0. The third kappa shape index (κ3) is 4.84. The van der Waals surface area contributed by atoms with Crippen LogP contribution in [0.15, 0.2) is 35.5 Å². The summed E-state index contributed by atoms with van der Waals surface area (Å²) >= 11 is 0. The van der Waals surface area contributed by atoms with Crippen LogP contribution in [0.25, 0.3) is 0 Å². The maximum atomic E-state index is 13.0. The fraction of sp³-hybridized carbons (Fsp3) is 0.500. The molecule has 2 aromatic rings.